The van der Waals surface area contributed by atoms with Crippen LogP contribution in [0.2, 0.25) is 0 Å². The minimum Gasteiger partial charge on any atom is -0.326 e. The van der Waals surface area contributed by atoms with Crippen LogP contribution in [0.15, 0.2) is 18.2 Å². The topological polar surface area (TPSA) is 58.2 Å². The van der Waals surface area contributed by atoms with E-state index in [4.69, 9.17) is 12.2 Å². The fourth-order valence-corrected chi connectivity index (χ4v) is 3.04. The molecule has 19 heavy (non-hydrogen) atoms. The van der Waals surface area contributed by atoms with Gasteiger partial charge in [-0.15, -0.1) is 0 Å². The second kappa shape index (κ2) is 5.71. The Balaban J connectivity index is 2.00. The van der Waals surface area contributed by atoms with Gasteiger partial charge in [0.25, 0.3) is 0 Å². The van der Waals surface area contributed by atoms with Gasteiger partial charge in [0, 0.05) is 12.1 Å². The van der Waals surface area contributed by atoms with E-state index in [-0.39, 0.29) is 18.2 Å². The van der Waals surface area contributed by atoms with E-state index < -0.39 is 5.25 Å². The molecule has 2 rings (SSSR count). The molecule has 1 aliphatic heterocycles. The van der Waals surface area contributed by atoms with Crippen LogP contribution in [0.5, 0.6) is 0 Å². The van der Waals surface area contributed by atoms with E-state index in [2.05, 4.69) is 10.6 Å². The van der Waals surface area contributed by atoms with E-state index in [1.165, 1.54) is 11.8 Å². The van der Waals surface area contributed by atoms with Gasteiger partial charge >= 0.3 is 0 Å². The molecule has 0 bridgehead atoms. The first kappa shape index (κ1) is 14.0. The molecule has 1 heterocycles. The van der Waals surface area contributed by atoms with E-state index in [9.17, 15) is 9.59 Å². The zero-order valence-electron chi connectivity index (χ0n) is 10.6. The lowest BCUT2D eigenvalue weighted by atomic mass is 10.1. The predicted molar refractivity (Wildman–Crippen MR) is 81.3 cm³/mol. The van der Waals surface area contributed by atoms with Crippen molar-refractivity contribution in [1.29, 1.82) is 0 Å². The Hall–Kier alpha value is -1.40. The van der Waals surface area contributed by atoms with Crippen LogP contribution >= 0.6 is 24.0 Å². The normalized spacial score (nSPS) is 18.3. The van der Waals surface area contributed by atoms with Crippen LogP contribution in [-0.2, 0) is 9.59 Å². The van der Waals surface area contributed by atoms with Gasteiger partial charge in [0.05, 0.1) is 5.25 Å². The average Bonchev–Trinajstić information content (AvgIpc) is 2.62. The number of thioether (sulfide) groups is 1. The van der Waals surface area contributed by atoms with E-state index in [1.54, 1.807) is 0 Å². The maximum absolute atomic E-state index is 11.9. The number of carbonyl (C=O) groups excluding carboxylic acids is 2. The minimum absolute atomic E-state index is 0.129. The predicted octanol–water partition coefficient (Wildman–Crippen LogP) is 2.15. The highest BCUT2D eigenvalue weighted by molar-refractivity contribution is 8.24. The van der Waals surface area contributed by atoms with E-state index in [0.717, 1.165) is 16.8 Å². The summed E-state index contributed by atoms with van der Waals surface area (Å²) in [6, 6.07) is 5.86. The highest BCUT2D eigenvalue weighted by atomic mass is 32.2. The van der Waals surface area contributed by atoms with Gasteiger partial charge in [-0.25, -0.2) is 0 Å². The molecule has 2 amide bonds. The maximum atomic E-state index is 11.9. The van der Waals surface area contributed by atoms with Crippen molar-refractivity contribution in [3.05, 3.63) is 29.3 Å². The van der Waals surface area contributed by atoms with Crippen LogP contribution < -0.4 is 10.6 Å². The van der Waals surface area contributed by atoms with Crippen molar-refractivity contribution in [2.75, 3.05) is 5.32 Å². The molecule has 2 N–H and O–H groups in total. The number of hydrogen-bond acceptors (Lipinski definition) is 4. The summed E-state index contributed by atoms with van der Waals surface area (Å²) in [7, 11) is 0. The molecule has 4 nitrogen and oxygen atoms in total. The van der Waals surface area contributed by atoms with Gasteiger partial charge in [-0.3, -0.25) is 9.59 Å². The average molecular weight is 294 g/mol. The van der Waals surface area contributed by atoms with Crippen LogP contribution in [0.25, 0.3) is 0 Å². The van der Waals surface area contributed by atoms with Gasteiger partial charge < -0.3 is 10.6 Å². The molecule has 1 aromatic rings. The minimum atomic E-state index is -0.419. The molecule has 0 aliphatic carbocycles. The van der Waals surface area contributed by atoms with Crippen molar-refractivity contribution in [3.8, 4) is 0 Å². The van der Waals surface area contributed by atoms with Crippen molar-refractivity contribution < 1.29 is 9.59 Å². The zero-order chi connectivity index (χ0) is 14.0. The van der Waals surface area contributed by atoms with Gasteiger partial charge in [0.2, 0.25) is 11.8 Å². The Bertz CT molecular complexity index is 558. The molecule has 100 valence electrons. The second-order valence-electron chi connectivity index (χ2n) is 4.45. The Morgan fingerprint density at radius 1 is 1.47 bits per heavy atom. The number of carbonyl (C=O) groups is 2. The number of thiocarbonyl (C=S) groups is 1. The molecule has 1 fully saturated rings. The third-order valence-corrected chi connectivity index (χ3v) is 4.18. The number of rotatable bonds is 3. The molecule has 0 saturated carbocycles. The van der Waals surface area contributed by atoms with Crippen LogP contribution in [0, 0.1) is 13.8 Å². The van der Waals surface area contributed by atoms with Crippen LogP contribution in [0.3, 0.4) is 0 Å². The lowest BCUT2D eigenvalue weighted by Crippen LogP contribution is -2.27. The third-order valence-electron chi connectivity index (χ3n) is 2.80. The molecule has 0 spiro atoms. The lowest BCUT2D eigenvalue weighted by Gasteiger charge is -2.10. The highest BCUT2D eigenvalue weighted by Crippen LogP contribution is 2.23. The standard InChI is InChI=1S/C13H14N2O2S2/c1-7-3-4-8(2)9(5-7)14-11(16)6-10-12(17)15-13(18)19-10/h3-5,10H,6H2,1-2H3,(H,14,16)(H,15,17,18)/t10-/m1/s1. The summed E-state index contributed by atoms with van der Waals surface area (Å²) in [6.07, 6.45) is 0.129. The summed E-state index contributed by atoms with van der Waals surface area (Å²) in [5.41, 5.74) is 2.86. The molecule has 1 aromatic carbocycles. The van der Waals surface area contributed by atoms with Crippen LogP contribution in [0.1, 0.15) is 17.5 Å². The number of anilines is 1. The Morgan fingerprint density at radius 2 is 2.21 bits per heavy atom. The van der Waals surface area contributed by atoms with Crippen LogP contribution in [0.4, 0.5) is 5.69 Å². The first-order valence-corrected chi connectivity index (χ1v) is 7.13. The fraction of sp³-hybridized carbons (Fsp3) is 0.308. The smallest absolute Gasteiger partial charge is 0.239 e. The zero-order valence-corrected chi connectivity index (χ0v) is 12.3. The number of hydrogen-bond donors (Lipinski definition) is 2. The van der Waals surface area contributed by atoms with Crippen molar-refractivity contribution >= 4 is 45.8 Å². The van der Waals surface area contributed by atoms with Gasteiger partial charge in [0.15, 0.2) is 0 Å². The largest absolute Gasteiger partial charge is 0.326 e. The maximum Gasteiger partial charge on any atom is 0.239 e. The van der Waals surface area contributed by atoms with Gasteiger partial charge in [-0.2, -0.15) is 0 Å². The quantitative estimate of drug-likeness (QED) is 0.839. The molecule has 1 aliphatic rings. The van der Waals surface area contributed by atoms with E-state index in [0.29, 0.717) is 4.32 Å². The van der Waals surface area contributed by atoms with Gasteiger partial charge in [-0.05, 0) is 31.0 Å². The lowest BCUT2D eigenvalue weighted by molar-refractivity contribution is -0.122. The molecule has 1 atom stereocenters. The molecule has 1 saturated heterocycles. The first-order chi connectivity index (χ1) is 8.95. The van der Waals surface area contributed by atoms with Gasteiger partial charge in [-0.1, -0.05) is 36.1 Å². The molecule has 6 heteroatoms. The molecular formula is C13H14N2O2S2. The van der Waals surface area contributed by atoms with Crippen molar-refractivity contribution in [2.45, 2.75) is 25.5 Å². The Morgan fingerprint density at radius 3 is 2.84 bits per heavy atom. The number of aryl methyl sites for hydroxylation is 2. The van der Waals surface area contributed by atoms with Gasteiger partial charge in [0.1, 0.15) is 4.32 Å². The summed E-state index contributed by atoms with van der Waals surface area (Å²) < 4.78 is 0.439. The van der Waals surface area contributed by atoms with E-state index >= 15 is 0 Å². The summed E-state index contributed by atoms with van der Waals surface area (Å²) in [4.78, 5) is 23.4. The number of benzene rings is 1. The molecule has 0 unspecified atom stereocenters. The van der Waals surface area contributed by atoms with Crippen molar-refractivity contribution in [3.63, 3.8) is 0 Å². The molecular weight excluding hydrogens is 280 g/mol. The summed E-state index contributed by atoms with van der Waals surface area (Å²) in [5, 5.41) is 4.95. The van der Waals surface area contributed by atoms with Crippen LogP contribution in [-0.4, -0.2) is 21.4 Å². The Labute approximate surface area is 121 Å². The van der Waals surface area contributed by atoms with Crippen molar-refractivity contribution in [2.24, 2.45) is 0 Å². The monoisotopic (exact) mass is 294 g/mol. The van der Waals surface area contributed by atoms with Crippen molar-refractivity contribution in [1.82, 2.24) is 5.32 Å². The highest BCUT2D eigenvalue weighted by Gasteiger charge is 2.30. The fourth-order valence-electron chi connectivity index (χ4n) is 1.77. The molecule has 0 radical (unpaired) electrons. The second-order valence-corrected chi connectivity index (χ2v) is 6.33. The summed E-state index contributed by atoms with van der Waals surface area (Å²) in [5.74, 6) is -0.364. The first-order valence-electron chi connectivity index (χ1n) is 5.84. The number of nitrogens with one attached hydrogen (secondary N) is 2. The summed E-state index contributed by atoms with van der Waals surface area (Å²) in [6.45, 7) is 3.90. The summed E-state index contributed by atoms with van der Waals surface area (Å²) >= 11 is 6.12. The molecule has 0 aromatic heterocycles. The van der Waals surface area contributed by atoms with E-state index in [1.807, 2.05) is 32.0 Å². The Kier molecular flexibility index (Phi) is 4.21. The third kappa shape index (κ3) is 3.54. The SMILES string of the molecule is Cc1ccc(C)c(NC(=O)C[C@H]2SC(=S)NC2=O)c1. The number of amides is 2.